The number of rotatable bonds is 12. The molecule has 2 aromatic heterocycles. The van der Waals surface area contributed by atoms with E-state index in [-0.39, 0.29) is 12.3 Å². The number of nitrogens with one attached hydrogen (secondary N) is 2. The van der Waals surface area contributed by atoms with Crippen molar-refractivity contribution in [3.8, 4) is 34.1 Å². The minimum atomic E-state index is -0.176. The van der Waals surface area contributed by atoms with Crippen LogP contribution >= 0.6 is 0 Å². The first kappa shape index (κ1) is 28.3. The SMILES string of the molecule is CCCN(Cc1ccccc1)c1cc(NC(=O)Cc2cc(OC)cc(OC)c2)cc(-c2ccccc2-c2nn[nH]n2)n1. The fourth-order valence-corrected chi connectivity index (χ4v) is 4.77. The maximum atomic E-state index is 13.3. The zero-order valence-corrected chi connectivity index (χ0v) is 23.9. The van der Waals surface area contributed by atoms with Crippen molar-refractivity contribution in [1.82, 2.24) is 25.6 Å². The molecule has 0 bridgehead atoms. The van der Waals surface area contributed by atoms with Gasteiger partial charge in [-0.3, -0.25) is 4.79 Å². The topological polar surface area (TPSA) is 118 Å². The van der Waals surface area contributed by atoms with Gasteiger partial charge in [0.2, 0.25) is 11.7 Å². The van der Waals surface area contributed by atoms with Crippen LogP contribution < -0.4 is 19.7 Å². The van der Waals surface area contributed by atoms with Crippen LogP contribution in [0.2, 0.25) is 0 Å². The van der Waals surface area contributed by atoms with E-state index in [1.807, 2.05) is 66.7 Å². The standard InChI is InChI=1S/C32H33N7O3/c1-4-14-39(21-22-10-6-5-7-11-22)30-19-24(33-31(40)17-23-15-25(41-2)20-26(16-23)42-3)18-29(34-30)27-12-8-9-13-28(27)32-35-37-38-36-32/h5-13,15-16,18-20H,4,14,17,21H2,1-3H3,(H,33,34,40)(H,35,36,37,38). The molecule has 0 saturated heterocycles. The smallest absolute Gasteiger partial charge is 0.228 e. The lowest BCUT2D eigenvalue weighted by molar-refractivity contribution is -0.115. The molecule has 0 aliphatic rings. The van der Waals surface area contributed by atoms with Gasteiger partial charge < -0.3 is 19.7 Å². The Hall–Kier alpha value is -5.25. The van der Waals surface area contributed by atoms with Crippen LogP contribution in [0.3, 0.4) is 0 Å². The van der Waals surface area contributed by atoms with Gasteiger partial charge in [-0.15, -0.1) is 10.2 Å². The van der Waals surface area contributed by atoms with Crippen molar-refractivity contribution in [2.75, 3.05) is 31.0 Å². The first-order chi connectivity index (χ1) is 20.6. The van der Waals surface area contributed by atoms with E-state index in [0.717, 1.165) is 35.5 Å². The van der Waals surface area contributed by atoms with Crippen molar-refractivity contribution in [3.05, 3.63) is 96.1 Å². The summed E-state index contributed by atoms with van der Waals surface area (Å²) in [7, 11) is 3.17. The fraction of sp³-hybridized carbons (Fsp3) is 0.219. The molecule has 2 heterocycles. The molecule has 0 fully saturated rings. The molecule has 0 radical (unpaired) electrons. The van der Waals surface area contributed by atoms with Gasteiger partial charge >= 0.3 is 0 Å². The van der Waals surface area contributed by atoms with Gasteiger partial charge in [-0.2, -0.15) is 5.21 Å². The Kier molecular flexibility index (Phi) is 9.03. The van der Waals surface area contributed by atoms with Crippen LogP contribution in [0, 0.1) is 0 Å². The molecule has 0 spiro atoms. The molecule has 0 atom stereocenters. The summed E-state index contributed by atoms with van der Waals surface area (Å²) in [6, 6.07) is 27.3. The highest BCUT2D eigenvalue weighted by atomic mass is 16.5. The predicted octanol–water partition coefficient (Wildman–Crippen LogP) is 5.54. The lowest BCUT2D eigenvalue weighted by Crippen LogP contribution is -2.25. The molecule has 10 nitrogen and oxygen atoms in total. The van der Waals surface area contributed by atoms with Crippen molar-refractivity contribution in [2.24, 2.45) is 0 Å². The van der Waals surface area contributed by atoms with Crippen LogP contribution in [0.25, 0.3) is 22.6 Å². The summed E-state index contributed by atoms with van der Waals surface area (Å²) < 4.78 is 10.8. The van der Waals surface area contributed by atoms with Crippen LogP contribution in [0.1, 0.15) is 24.5 Å². The number of aromatic nitrogens is 5. The van der Waals surface area contributed by atoms with E-state index >= 15 is 0 Å². The van der Waals surface area contributed by atoms with Crippen molar-refractivity contribution in [2.45, 2.75) is 26.3 Å². The minimum Gasteiger partial charge on any atom is -0.497 e. The molecule has 0 saturated carbocycles. The lowest BCUT2D eigenvalue weighted by Gasteiger charge is -2.25. The van der Waals surface area contributed by atoms with Crippen LogP contribution in [0.5, 0.6) is 11.5 Å². The average Bonchev–Trinajstić information content (AvgIpc) is 3.56. The van der Waals surface area contributed by atoms with E-state index in [1.54, 1.807) is 20.3 Å². The average molecular weight is 564 g/mol. The minimum absolute atomic E-state index is 0.142. The molecular weight excluding hydrogens is 530 g/mol. The predicted molar refractivity (Wildman–Crippen MR) is 163 cm³/mol. The second-order valence-electron chi connectivity index (χ2n) is 9.73. The Bertz CT molecular complexity index is 1600. The molecule has 0 aliphatic carbocycles. The highest BCUT2D eigenvalue weighted by Crippen LogP contribution is 2.33. The summed E-state index contributed by atoms with van der Waals surface area (Å²) in [6.07, 6.45) is 1.07. The molecule has 0 unspecified atom stereocenters. The summed E-state index contributed by atoms with van der Waals surface area (Å²) >= 11 is 0. The van der Waals surface area contributed by atoms with Gasteiger partial charge in [0.15, 0.2) is 0 Å². The van der Waals surface area contributed by atoms with E-state index in [0.29, 0.717) is 35.2 Å². The Labute approximate surface area is 244 Å². The molecule has 42 heavy (non-hydrogen) atoms. The molecule has 3 aromatic carbocycles. The Morgan fingerprint density at radius 3 is 2.26 bits per heavy atom. The van der Waals surface area contributed by atoms with E-state index in [4.69, 9.17) is 14.5 Å². The van der Waals surface area contributed by atoms with Crippen molar-refractivity contribution >= 4 is 17.4 Å². The van der Waals surface area contributed by atoms with E-state index in [2.05, 4.69) is 49.9 Å². The number of methoxy groups -OCH3 is 2. The van der Waals surface area contributed by atoms with E-state index in [9.17, 15) is 4.79 Å². The quantitative estimate of drug-likeness (QED) is 0.203. The molecule has 214 valence electrons. The van der Waals surface area contributed by atoms with Gasteiger partial charge in [0.25, 0.3) is 0 Å². The summed E-state index contributed by atoms with van der Waals surface area (Å²) in [4.78, 5) is 20.6. The number of ether oxygens (including phenoxy) is 2. The number of carbonyl (C=O) groups is 1. The second kappa shape index (κ2) is 13.4. The van der Waals surface area contributed by atoms with Crippen LogP contribution in [0.4, 0.5) is 11.5 Å². The molecule has 0 aliphatic heterocycles. The highest BCUT2D eigenvalue weighted by Gasteiger charge is 2.17. The van der Waals surface area contributed by atoms with Gasteiger partial charge in [-0.05, 0) is 41.0 Å². The summed E-state index contributed by atoms with van der Waals surface area (Å²) in [5.41, 5.74) is 4.86. The zero-order valence-electron chi connectivity index (χ0n) is 23.9. The van der Waals surface area contributed by atoms with E-state index < -0.39 is 0 Å². The molecule has 2 N–H and O–H groups in total. The number of carbonyl (C=O) groups excluding carboxylic acids is 1. The Morgan fingerprint density at radius 1 is 0.881 bits per heavy atom. The molecule has 10 heteroatoms. The van der Waals surface area contributed by atoms with Gasteiger partial charge in [-0.25, -0.2) is 4.98 Å². The van der Waals surface area contributed by atoms with Gasteiger partial charge in [0, 0.05) is 42.0 Å². The number of anilines is 2. The highest BCUT2D eigenvalue weighted by molar-refractivity contribution is 5.94. The number of aromatic amines is 1. The third-order valence-electron chi connectivity index (χ3n) is 6.69. The number of amides is 1. The van der Waals surface area contributed by atoms with Crippen molar-refractivity contribution < 1.29 is 14.3 Å². The third-order valence-corrected chi connectivity index (χ3v) is 6.69. The van der Waals surface area contributed by atoms with Gasteiger partial charge in [0.05, 0.1) is 26.3 Å². The second-order valence-corrected chi connectivity index (χ2v) is 9.73. The summed E-state index contributed by atoms with van der Waals surface area (Å²) in [6.45, 7) is 3.60. The fourth-order valence-electron chi connectivity index (χ4n) is 4.77. The number of H-pyrrole nitrogens is 1. The normalized spacial score (nSPS) is 10.7. The molecule has 5 aromatic rings. The van der Waals surface area contributed by atoms with Gasteiger partial charge in [-0.1, -0.05) is 61.5 Å². The van der Waals surface area contributed by atoms with Crippen molar-refractivity contribution in [3.63, 3.8) is 0 Å². The van der Waals surface area contributed by atoms with Gasteiger partial charge in [0.1, 0.15) is 17.3 Å². The van der Waals surface area contributed by atoms with Crippen molar-refractivity contribution in [1.29, 1.82) is 0 Å². The summed E-state index contributed by atoms with van der Waals surface area (Å²) in [5.74, 6) is 2.29. The maximum Gasteiger partial charge on any atom is 0.228 e. The number of hydrogen-bond donors (Lipinski definition) is 2. The summed E-state index contributed by atoms with van der Waals surface area (Å²) in [5, 5.41) is 17.7. The zero-order chi connectivity index (χ0) is 29.3. The molecule has 5 rings (SSSR count). The molecule has 1 amide bonds. The number of tetrazole rings is 1. The van der Waals surface area contributed by atoms with Crippen LogP contribution in [0.15, 0.2) is 84.9 Å². The largest absolute Gasteiger partial charge is 0.497 e. The Balaban J connectivity index is 1.53. The Morgan fingerprint density at radius 2 is 1.60 bits per heavy atom. The maximum absolute atomic E-state index is 13.3. The lowest BCUT2D eigenvalue weighted by atomic mass is 10.0. The van der Waals surface area contributed by atoms with Crippen LogP contribution in [-0.2, 0) is 17.8 Å². The first-order valence-electron chi connectivity index (χ1n) is 13.7. The number of hydrogen-bond acceptors (Lipinski definition) is 8. The molecular formula is C32H33N7O3. The number of benzene rings is 3. The van der Waals surface area contributed by atoms with E-state index in [1.165, 1.54) is 5.56 Å². The number of pyridine rings is 1. The number of nitrogens with zero attached hydrogens (tertiary/aromatic N) is 5. The van der Waals surface area contributed by atoms with Crippen LogP contribution in [-0.4, -0.2) is 52.3 Å². The monoisotopic (exact) mass is 563 g/mol. The first-order valence-corrected chi connectivity index (χ1v) is 13.7. The third kappa shape index (κ3) is 6.90.